The molecule has 0 aromatic carbocycles. The first kappa shape index (κ1) is 3.29. The van der Waals surface area contributed by atoms with Crippen LogP contribution in [-0.2, 0) is 0 Å². The van der Waals surface area contributed by atoms with Crippen LogP contribution in [0.25, 0.3) is 0 Å². The molecule has 8 heavy (non-hydrogen) atoms. The smallest absolute Gasteiger partial charge is 0.0384 e. The van der Waals surface area contributed by atoms with Gasteiger partial charge in [-0.15, -0.1) is 0 Å². The van der Waals surface area contributed by atoms with Gasteiger partial charge in [0.1, 0.15) is 0 Å². The first-order valence-electron chi connectivity index (χ1n) is 3.03. The summed E-state index contributed by atoms with van der Waals surface area (Å²) in [6.45, 7) is 0. The number of rotatable bonds is 0. The molecule has 3 aliphatic carbocycles. The summed E-state index contributed by atoms with van der Waals surface area (Å²) < 4.78 is 0. The average molecular weight is 102 g/mol. The molecule has 1 spiro atoms. The van der Waals surface area contributed by atoms with Crippen molar-refractivity contribution in [3.8, 4) is 0 Å². The molecule has 0 nitrogen and oxygen atoms in total. The Hall–Kier alpha value is -0.780. The highest BCUT2D eigenvalue weighted by Gasteiger charge is 2.61. The van der Waals surface area contributed by atoms with Gasteiger partial charge in [0.05, 0.1) is 0 Å². The van der Waals surface area contributed by atoms with Crippen molar-refractivity contribution in [2.75, 3.05) is 0 Å². The molecular formula is C8H6. The minimum absolute atomic E-state index is 0.500. The summed E-state index contributed by atoms with van der Waals surface area (Å²) in [6.07, 6.45) is 11.3. The maximum atomic E-state index is 2.30. The average Bonchev–Trinajstić information content (AvgIpc) is 2.20. The minimum atomic E-state index is 0.500. The van der Waals surface area contributed by atoms with E-state index in [0.29, 0.717) is 5.41 Å². The van der Waals surface area contributed by atoms with Crippen molar-refractivity contribution in [3.63, 3.8) is 0 Å². The molecule has 1 saturated carbocycles. The van der Waals surface area contributed by atoms with E-state index in [4.69, 9.17) is 0 Å². The van der Waals surface area contributed by atoms with Crippen molar-refractivity contribution >= 4 is 0 Å². The second-order valence-corrected chi connectivity index (χ2v) is 2.75. The highest BCUT2D eigenvalue weighted by Crippen LogP contribution is 2.69. The van der Waals surface area contributed by atoms with Crippen LogP contribution < -0.4 is 0 Å². The number of fused-ring (bicyclic) bond motifs is 1. The van der Waals surface area contributed by atoms with E-state index in [1.165, 1.54) is 0 Å². The molecule has 1 atom stereocenters. The van der Waals surface area contributed by atoms with Crippen LogP contribution in [0.3, 0.4) is 0 Å². The van der Waals surface area contributed by atoms with Crippen LogP contribution >= 0.6 is 0 Å². The van der Waals surface area contributed by atoms with Gasteiger partial charge in [0.2, 0.25) is 0 Å². The Balaban J connectivity index is 2.35. The van der Waals surface area contributed by atoms with Crippen LogP contribution in [0.5, 0.6) is 0 Å². The molecule has 0 bridgehead atoms. The molecule has 0 heteroatoms. The fraction of sp³-hybridized carbons (Fsp3) is 0.250. The summed E-state index contributed by atoms with van der Waals surface area (Å²) in [4.78, 5) is 0. The van der Waals surface area contributed by atoms with Crippen molar-refractivity contribution in [2.45, 2.75) is 0 Å². The van der Waals surface area contributed by atoms with E-state index in [-0.39, 0.29) is 0 Å². The summed E-state index contributed by atoms with van der Waals surface area (Å²) in [5.74, 6) is 0.840. The third-order valence-corrected chi connectivity index (χ3v) is 2.48. The molecule has 38 valence electrons. The fourth-order valence-electron chi connectivity index (χ4n) is 1.83. The number of allylic oxidation sites excluding steroid dienone is 6. The van der Waals surface area contributed by atoms with Crippen LogP contribution in [-0.4, -0.2) is 0 Å². The summed E-state index contributed by atoms with van der Waals surface area (Å²) >= 11 is 0. The van der Waals surface area contributed by atoms with Crippen molar-refractivity contribution in [3.05, 3.63) is 36.0 Å². The number of hydrogen-bond donors (Lipinski definition) is 0. The number of hydrogen-bond acceptors (Lipinski definition) is 0. The summed E-state index contributed by atoms with van der Waals surface area (Å²) in [6, 6.07) is 0. The van der Waals surface area contributed by atoms with Gasteiger partial charge in [-0.1, -0.05) is 30.4 Å². The topological polar surface area (TPSA) is 0 Å². The normalized spacial score (nSPS) is 52.0. The molecule has 0 amide bonds. The second-order valence-electron chi connectivity index (χ2n) is 2.75. The van der Waals surface area contributed by atoms with Gasteiger partial charge in [0.15, 0.2) is 0 Å². The van der Waals surface area contributed by atoms with Crippen molar-refractivity contribution in [1.82, 2.24) is 0 Å². The van der Waals surface area contributed by atoms with Crippen LogP contribution in [0.15, 0.2) is 36.0 Å². The molecule has 3 aliphatic rings. The SMILES string of the molecule is C1=CC23C=CC2C3=C1. The Kier molecular flexibility index (Phi) is 0.265. The zero-order chi connectivity index (χ0) is 5.19. The molecule has 1 fully saturated rings. The van der Waals surface area contributed by atoms with Crippen LogP contribution in [0.4, 0.5) is 0 Å². The highest BCUT2D eigenvalue weighted by molar-refractivity contribution is 5.64. The Morgan fingerprint density at radius 3 is 2.75 bits per heavy atom. The van der Waals surface area contributed by atoms with E-state index in [1.54, 1.807) is 5.57 Å². The second kappa shape index (κ2) is 0.644. The summed E-state index contributed by atoms with van der Waals surface area (Å²) in [5.41, 5.74) is 2.12. The molecule has 0 aromatic heterocycles. The lowest BCUT2D eigenvalue weighted by molar-refractivity contribution is 0.734. The quantitative estimate of drug-likeness (QED) is 0.408. The maximum Gasteiger partial charge on any atom is 0.0384 e. The maximum absolute atomic E-state index is 2.30. The van der Waals surface area contributed by atoms with E-state index in [9.17, 15) is 0 Å². The Morgan fingerprint density at radius 2 is 2.38 bits per heavy atom. The lowest BCUT2D eigenvalue weighted by atomic mass is 9.95. The van der Waals surface area contributed by atoms with Gasteiger partial charge in [-0.2, -0.15) is 0 Å². The van der Waals surface area contributed by atoms with Crippen molar-refractivity contribution in [2.24, 2.45) is 11.3 Å². The Bertz CT molecular complexity index is 243. The Labute approximate surface area is 48.2 Å². The predicted molar refractivity (Wildman–Crippen MR) is 32.3 cm³/mol. The van der Waals surface area contributed by atoms with E-state index in [1.807, 2.05) is 0 Å². The van der Waals surface area contributed by atoms with E-state index in [0.717, 1.165) is 5.92 Å². The lowest BCUT2D eigenvalue weighted by Gasteiger charge is -2.08. The van der Waals surface area contributed by atoms with E-state index >= 15 is 0 Å². The fourth-order valence-corrected chi connectivity index (χ4v) is 1.83. The minimum Gasteiger partial charge on any atom is -0.0786 e. The highest BCUT2D eigenvalue weighted by atomic mass is 14.6. The van der Waals surface area contributed by atoms with Gasteiger partial charge in [-0.05, 0) is 5.57 Å². The molecule has 3 rings (SSSR count). The molecule has 0 radical (unpaired) electrons. The summed E-state index contributed by atoms with van der Waals surface area (Å²) in [7, 11) is 0. The van der Waals surface area contributed by atoms with Gasteiger partial charge < -0.3 is 0 Å². The molecule has 0 saturated heterocycles. The van der Waals surface area contributed by atoms with Gasteiger partial charge in [0, 0.05) is 11.3 Å². The zero-order valence-corrected chi connectivity index (χ0v) is 4.46. The molecule has 0 N–H and O–H groups in total. The zero-order valence-electron chi connectivity index (χ0n) is 4.46. The van der Waals surface area contributed by atoms with Gasteiger partial charge in [0.25, 0.3) is 0 Å². The molecular weight excluding hydrogens is 96.1 g/mol. The first-order chi connectivity index (χ1) is 3.93. The summed E-state index contributed by atoms with van der Waals surface area (Å²) in [5, 5.41) is 0. The molecule has 0 heterocycles. The van der Waals surface area contributed by atoms with Gasteiger partial charge in [-0.25, -0.2) is 0 Å². The monoisotopic (exact) mass is 102 g/mol. The largest absolute Gasteiger partial charge is 0.0786 e. The molecule has 0 aromatic rings. The molecule has 0 aliphatic heterocycles. The standard InChI is InChI=1S/C8H6/c1-2-6-7-3-5-8(6,7)4-1/h1-5,7H. The van der Waals surface area contributed by atoms with Gasteiger partial charge >= 0.3 is 0 Å². The first-order valence-corrected chi connectivity index (χ1v) is 3.03. The molecule has 1 unspecified atom stereocenters. The predicted octanol–water partition coefficient (Wildman–Crippen LogP) is 1.67. The van der Waals surface area contributed by atoms with E-state index < -0.39 is 0 Å². The third-order valence-electron chi connectivity index (χ3n) is 2.48. The Morgan fingerprint density at radius 1 is 1.38 bits per heavy atom. The van der Waals surface area contributed by atoms with Gasteiger partial charge in [-0.3, -0.25) is 0 Å². The van der Waals surface area contributed by atoms with Crippen LogP contribution in [0.1, 0.15) is 0 Å². The van der Waals surface area contributed by atoms with Crippen LogP contribution in [0, 0.1) is 11.3 Å². The third kappa shape index (κ3) is 0.135. The van der Waals surface area contributed by atoms with Crippen molar-refractivity contribution < 1.29 is 0 Å². The van der Waals surface area contributed by atoms with E-state index in [2.05, 4.69) is 30.4 Å². The van der Waals surface area contributed by atoms with Crippen LogP contribution in [0.2, 0.25) is 0 Å². The van der Waals surface area contributed by atoms with Crippen molar-refractivity contribution in [1.29, 1.82) is 0 Å². The lowest BCUT2D eigenvalue weighted by Crippen LogP contribution is -2.00.